The van der Waals surface area contributed by atoms with Crippen molar-refractivity contribution in [3.8, 4) is 0 Å². The van der Waals surface area contributed by atoms with Crippen LogP contribution in [0.1, 0.15) is 25.3 Å². The third-order valence-electron chi connectivity index (χ3n) is 4.13. The van der Waals surface area contributed by atoms with Crippen LogP contribution in [0, 0.1) is 5.92 Å². The van der Waals surface area contributed by atoms with Crippen LogP contribution in [0.2, 0.25) is 0 Å². The highest BCUT2D eigenvalue weighted by Gasteiger charge is 2.31. The fourth-order valence-electron chi connectivity index (χ4n) is 2.56. The molecule has 1 aliphatic carbocycles. The van der Waals surface area contributed by atoms with E-state index in [0.29, 0.717) is 6.04 Å². The fourth-order valence-corrected chi connectivity index (χ4v) is 2.56. The number of anilines is 1. The molecule has 1 saturated carbocycles. The minimum absolute atomic E-state index is 0.684. The van der Waals surface area contributed by atoms with Gasteiger partial charge in [0, 0.05) is 31.9 Å². The van der Waals surface area contributed by atoms with Gasteiger partial charge < -0.3 is 10.5 Å². The lowest BCUT2D eigenvalue weighted by Crippen LogP contribution is -2.38. The molecule has 1 atom stereocenters. The van der Waals surface area contributed by atoms with Crippen molar-refractivity contribution >= 4 is 5.69 Å². The van der Waals surface area contributed by atoms with E-state index >= 15 is 0 Å². The Morgan fingerprint density at radius 2 is 1.95 bits per heavy atom. The van der Waals surface area contributed by atoms with Crippen LogP contribution in [-0.4, -0.2) is 37.7 Å². The minimum atomic E-state index is 0.684. The van der Waals surface area contributed by atoms with Crippen LogP contribution in [-0.2, 0) is 11.2 Å². The van der Waals surface area contributed by atoms with Gasteiger partial charge in [0.25, 0.3) is 0 Å². The predicted molar refractivity (Wildman–Crippen MR) is 80.2 cm³/mol. The summed E-state index contributed by atoms with van der Waals surface area (Å²) in [6.45, 7) is 5.31. The lowest BCUT2D eigenvalue weighted by Gasteiger charge is -2.29. The number of ether oxygens (including phenoxy) is 1. The van der Waals surface area contributed by atoms with E-state index in [1.54, 1.807) is 7.11 Å². The van der Waals surface area contributed by atoms with Crippen molar-refractivity contribution < 1.29 is 4.74 Å². The van der Waals surface area contributed by atoms with E-state index in [4.69, 9.17) is 10.5 Å². The van der Waals surface area contributed by atoms with Crippen LogP contribution in [0.5, 0.6) is 0 Å². The van der Waals surface area contributed by atoms with Crippen molar-refractivity contribution in [3.05, 3.63) is 29.8 Å². The van der Waals surface area contributed by atoms with Gasteiger partial charge in [-0.05, 0) is 49.8 Å². The molecule has 2 rings (SSSR count). The van der Waals surface area contributed by atoms with Gasteiger partial charge in [0.2, 0.25) is 0 Å². The molecular weight excluding hydrogens is 236 g/mol. The summed E-state index contributed by atoms with van der Waals surface area (Å²) in [6, 6.07) is 8.92. The molecule has 106 valence electrons. The molecule has 2 N–H and O–H groups in total. The SMILES string of the molecule is COCCN(CCc1ccc(N)cc1)C(C)C1CC1. The molecule has 0 saturated heterocycles. The van der Waals surface area contributed by atoms with Gasteiger partial charge in [-0.1, -0.05) is 12.1 Å². The van der Waals surface area contributed by atoms with Crippen LogP contribution >= 0.6 is 0 Å². The monoisotopic (exact) mass is 262 g/mol. The smallest absolute Gasteiger partial charge is 0.0589 e. The van der Waals surface area contributed by atoms with Gasteiger partial charge >= 0.3 is 0 Å². The predicted octanol–water partition coefficient (Wildman–Crippen LogP) is 2.56. The maximum atomic E-state index is 5.72. The Bertz CT molecular complexity index is 373. The maximum Gasteiger partial charge on any atom is 0.0589 e. The number of rotatable bonds is 8. The van der Waals surface area contributed by atoms with Crippen LogP contribution < -0.4 is 5.73 Å². The molecule has 1 aromatic carbocycles. The standard InChI is InChI=1S/C16H26N2O/c1-13(15-5-6-15)18(11-12-19-2)10-9-14-3-7-16(17)8-4-14/h3-4,7-8,13,15H,5-6,9-12,17H2,1-2H3. The van der Waals surface area contributed by atoms with E-state index in [-0.39, 0.29) is 0 Å². The van der Waals surface area contributed by atoms with Crippen molar-refractivity contribution in [2.24, 2.45) is 5.92 Å². The molecule has 0 heterocycles. The molecule has 0 amide bonds. The average molecular weight is 262 g/mol. The molecule has 1 aromatic rings. The Labute approximate surface area is 116 Å². The van der Waals surface area contributed by atoms with Crippen LogP contribution in [0.3, 0.4) is 0 Å². The molecule has 1 aliphatic rings. The zero-order valence-corrected chi connectivity index (χ0v) is 12.1. The van der Waals surface area contributed by atoms with Crippen molar-refractivity contribution in [2.45, 2.75) is 32.2 Å². The van der Waals surface area contributed by atoms with Crippen LogP contribution in [0.4, 0.5) is 5.69 Å². The molecule has 3 nitrogen and oxygen atoms in total. The molecule has 3 heteroatoms. The number of methoxy groups -OCH3 is 1. The molecule has 1 unspecified atom stereocenters. The summed E-state index contributed by atoms with van der Waals surface area (Å²) in [4.78, 5) is 2.57. The fraction of sp³-hybridized carbons (Fsp3) is 0.625. The van der Waals surface area contributed by atoms with Crippen molar-refractivity contribution in [2.75, 3.05) is 32.5 Å². The first-order valence-electron chi connectivity index (χ1n) is 7.28. The minimum Gasteiger partial charge on any atom is -0.399 e. The Morgan fingerprint density at radius 1 is 1.26 bits per heavy atom. The van der Waals surface area contributed by atoms with Gasteiger partial charge in [0.05, 0.1) is 6.61 Å². The number of nitrogen functional groups attached to an aromatic ring is 1. The maximum absolute atomic E-state index is 5.72. The number of hydrogen-bond donors (Lipinski definition) is 1. The highest BCUT2D eigenvalue weighted by Crippen LogP contribution is 2.35. The van der Waals surface area contributed by atoms with Gasteiger partial charge in [0.15, 0.2) is 0 Å². The molecule has 0 aliphatic heterocycles. The Morgan fingerprint density at radius 3 is 2.53 bits per heavy atom. The van der Waals surface area contributed by atoms with Crippen LogP contribution in [0.15, 0.2) is 24.3 Å². The van der Waals surface area contributed by atoms with Crippen molar-refractivity contribution in [1.82, 2.24) is 4.90 Å². The highest BCUT2D eigenvalue weighted by atomic mass is 16.5. The zero-order chi connectivity index (χ0) is 13.7. The summed E-state index contributed by atoms with van der Waals surface area (Å²) in [7, 11) is 1.78. The summed E-state index contributed by atoms with van der Waals surface area (Å²) in [5.41, 5.74) is 7.92. The van der Waals surface area contributed by atoms with Gasteiger partial charge in [-0.15, -0.1) is 0 Å². The Kier molecular flexibility index (Phi) is 5.23. The molecule has 1 fully saturated rings. The van der Waals surface area contributed by atoms with Gasteiger partial charge in [-0.2, -0.15) is 0 Å². The molecule has 0 radical (unpaired) electrons. The number of hydrogen-bond acceptors (Lipinski definition) is 3. The zero-order valence-electron chi connectivity index (χ0n) is 12.1. The number of nitrogens with two attached hydrogens (primary N) is 1. The van der Waals surface area contributed by atoms with E-state index in [0.717, 1.165) is 37.7 Å². The first-order chi connectivity index (χ1) is 9.20. The lowest BCUT2D eigenvalue weighted by molar-refractivity contribution is 0.118. The van der Waals surface area contributed by atoms with E-state index < -0.39 is 0 Å². The second-order valence-electron chi connectivity index (χ2n) is 5.60. The van der Waals surface area contributed by atoms with E-state index in [2.05, 4.69) is 24.0 Å². The van der Waals surface area contributed by atoms with E-state index in [9.17, 15) is 0 Å². The third kappa shape index (κ3) is 4.51. The highest BCUT2D eigenvalue weighted by molar-refractivity contribution is 5.39. The van der Waals surface area contributed by atoms with Gasteiger partial charge in [-0.25, -0.2) is 0 Å². The van der Waals surface area contributed by atoms with Crippen LogP contribution in [0.25, 0.3) is 0 Å². The van der Waals surface area contributed by atoms with E-state index in [1.807, 2.05) is 12.1 Å². The first-order valence-corrected chi connectivity index (χ1v) is 7.28. The first kappa shape index (κ1) is 14.4. The molecular formula is C16H26N2O. The van der Waals surface area contributed by atoms with Gasteiger partial charge in [0.1, 0.15) is 0 Å². The quantitative estimate of drug-likeness (QED) is 0.732. The Hall–Kier alpha value is -1.06. The third-order valence-corrected chi connectivity index (χ3v) is 4.13. The van der Waals surface area contributed by atoms with Gasteiger partial charge in [-0.3, -0.25) is 4.90 Å². The number of benzene rings is 1. The number of nitrogens with zero attached hydrogens (tertiary/aromatic N) is 1. The summed E-state index contributed by atoms with van der Waals surface area (Å²) < 4.78 is 5.23. The molecule has 0 spiro atoms. The molecule has 0 aromatic heterocycles. The molecule has 19 heavy (non-hydrogen) atoms. The second-order valence-corrected chi connectivity index (χ2v) is 5.60. The average Bonchev–Trinajstić information content (AvgIpc) is 3.24. The van der Waals surface area contributed by atoms with Crippen molar-refractivity contribution in [1.29, 1.82) is 0 Å². The summed E-state index contributed by atoms with van der Waals surface area (Å²) in [5.74, 6) is 0.906. The topological polar surface area (TPSA) is 38.5 Å². The largest absolute Gasteiger partial charge is 0.399 e. The summed E-state index contributed by atoms with van der Waals surface area (Å²) in [6.07, 6.45) is 3.88. The van der Waals surface area contributed by atoms with Crippen molar-refractivity contribution in [3.63, 3.8) is 0 Å². The van der Waals surface area contributed by atoms with E-state index in [1.165, 1.54) is 18.4 Å². The summed E-state index contributed by atoms with van der Waals surface area (Å²) >= 11 is 0. The summed E-state index contributed by atoms with van der Waals surface area (Å²) in [5, 5.41) is 0. The Balaban J connectivity index is 1.85. The lowest BCUT2D eigenvalue weighted by atomic mass is 10.1. The normalized spacial score (nSPS) is 16.8. The second kappa shape index (κ2) is 6.92. The molecule has 0 bridgehead atoms.